The average Bonchev–Trinajstić information content (AvgIpc) is 3.05. The molecule has 0 bridgehead atoms. The monoisotopic (exact) mass is 321 g/mol. The topological polar surface area (TPSA) is 92.8 Å². The Morgan fingerprint density at radius 2 is 2.12 bits per heavy atom. The Labute approximate surface area is 138 Å². The third kappa shape index (κ3) is 2.40. The Kier molecular flexibility index (Phi) is 3.45. The molecule has 4 heterocycles. The highest BCUT2D eigenvalue weighted by Gasteiger charge is 2.32. The van der Waals surface area contributed by atoms with Crippen molar-refractivity contribution in [1.82, 2.24) is 20.2 Å². The Morgan fingerprint density at radius 3 is 2.92 bits per heavy atom. The number of carbonyl (C=O) groups excluding carboxylic acids is 1. The minimum absolute atomic E-state index is 0.0673. The van der Waals surface area contributed by atoms with E-state index in [-0.39, 0.29) is 11.8 Å². The maximum absolute atomic E-state index is 12.1. The van der Waals surface area contributed by atoms with Crippen molar-refractivity contribution in [3.8, 4) is 17.3 Å². The zero-order valence-electron chi connectivity index (χ0n) is 13.0. The van der Waals surface area contributed by atoms with Gasteiger partial charge in [-0.2, -0.15) is 5.10 Å². The van der Waals surface area contributed by atoms with Gasteiger partial charge in [-0.1, -0.05) is 6.07 Å². The van der Waals surface area contributed by atoms with Crippen molar-refractivity contribution in [2.24, 2.45) is 0 Å². The van der Waals surface area contributed by atoms with Gasteiger partial charge in [0.05, 0.1) is 18.5 Å². The smallest absolute Gasteiger partial charge is 0.226 e. The number of aromatic nitrogens is 4. The number of hydrogen-bond acceptors (Lipinski definition) is 5. The molecule has 1 amide bonds. The quantitative estimate of drug-likeness (QED) is 0.772. The summed E-state index contributed by atoms with van der Waals surface area (Å²) in [7, 11) is 1.57. The first kappa shape index (κ1) is 14.4. The molecular formula is C17H15N5O2. The summed E-state index contributed by atoms with van der Waals surface area (Å²) < 4.78 is 5.21. The highest BCUT2D eigenvalue weighted by Crippen LogP contribution is 2.41. The lowest BCUT2D eigenvalue weighted by atomic mass is 9.85. The predicted octanol–water partition coefficient (Wildman–Crippen LogP) is 2.35. The van der Waals surface area contributed by atoms with Gasteiger partial charge in [-0.25, -0.2) is 4.98 Å². The van der Waals surface area contributed by atoms with Gasteiger partial charge >= 0.3 is 0 Å². The normalized spacial score (nSPS) is 16.4. The molecule has 4 rings (SSSR count). The van der Waals surface area contributed by atoms with E-state index in [1.807, 2.05) is 30.3 Å². The molecule has 1 aliphatic rings. The van der Waals surface area contributed by atoms with E-state index in [0.717, 1.165) is 22.5 Å². The first-order chi connectivity index (χ1) is 11.8. The lowest BCUT2D eigenvalue weighted by Crippen LogP contribution is -2.23. The van der Waals surface area contributed by atoms with Crippen molar-refractivity contribution in [1.29, 1.82) is 0 Å². The van der Waals surface area contributed by atoms with Crippen LogP contribution in [0.5, 0.6) is 5.88 Å². The number of methoxy groups -OCH3 is 1. The molecular weight excluding hydrogens is 306 g/mol. The molecule has 24 heavy (non-hydrogen) atoms. The van der Waals surface area contributed by atoms with Gasteiger partial charge in [-0.05, 0) is 23.8 Å². The number of fused-ring (bicyclic) bond motifs is 1. The summed E-state index contributed by atoms with van der Waals surface area (Å²) in [5, 5.41) is 10.1. The fraction of sp³-hybridized carbons (Fsp3) is 0.176. The third-order valence-corrected chi connectivity index (χ3v) is 4.09. The lowest BCUT2D eigenvalue weighted by Gasteiger charge is -2.23. The average molecular weight is 321 g/mol. The summed E-state index contributed by atoms with van der Waals surface area (Å²) >= 11 is 0. The highest BCUT2D eigenvalue weighted by atomic mass is 16.5. The van der Waals surface area contributed by atoms with Crippen LogP contribution in [0.4, 0.5) is 5.82 Å². The molecule has 2 N–H and O–H groups in total. The maximum Gasteiger partial charge on any atom is 0.226 e. The molecule has 0 aromatic carbocycles. The van der Waals surface area contributed by atoms with Crippen LogP contribution in [0.1, 0.15) is 23.5 Å². The van der Waals surface area contributed by atoms with E-state index in [1.165, 1.54) is 0 Å². The van der Waals surface area contributed by atoms with Gasteiger partial charge in [0.25, 0.3) is 0 Å². The van der Waals surface area contributed by atoms with Crippen molar-refractivity contribution in [2.75, 3.05) is 12.4 Å². The number of anilines is 1. The summed E-state index contributed by atoms with van der Waals surface area (Å²) in [5.74, 6) is 0.861. The maximum atomic E-state index is 12.1. The lowest BCUT2D eigenvalue weighted by molar-refractivity contribution is -0.116. The number of ether oxygens (including phenoxy) is 1. The van der Waals surface area contributed by atoms with Crippen molar-refractivity contribution in [3.63, 3.8) is 0 Å². The molecule has 3 aromatic rings. The predicted molar refractivity (Wildman–Crippen MR) is 87.7 cm³/mol. The third-order valence-electron chi connectivity index (χ3n) is 4.09. The number of H-pyrrole nitrogens is 1. The molecule has 7 nitrogen and oxygen atoms in total. The number of nitrogens with one attached hydrogen (secondary N) is 2. The molecule has 1 unspecified atom stereocenters. The Balaban J connectivity index is 1.86. The van der Waals surface area contributed by atoms with Crippen LogP contribution in [-0.2, 0) is 4.79 Å². The number of aromatic amines is 1. The fourth-order valence-corrected chi connectivity index (χ4v) is 3.00. The van der Waals surface area contributed by atoms with Crippen LogP contribution in [-0.4, -0.2) is 33.2 Å². The van der Waals surface area contributed by atoms with Gasteiger partial charge < -0.3 is 10.1 Å². The molecule has 120 valence electrons. The van der Waals surface area contributed by atoms with Crippen LogP contribution in [0.2, 0.25) is 0 Å². The summed E-state index contributed by atoms with van der Waals surface area (Å²) in [6.07, 6.45) is 3.74. The first-order valence-electron chi connectivity index (χ1n) is 7.55. The van der Waals surface area contributed by atoms with Gasteiger partial charge in [-0.3, -0.25) is 14.9 Å². The second kappa shape index (κ2) is 5.77. The Bertz CT molecular complexity index is 891. The molecule has 0 aliphatic carbocycles. The van der Waals surface area contributed by atoms with E-state index in [1.54, 1.807) is 19.5 Å². The number of amides is 1. The van der Waals surface area contributed by atoms with Crippen molar-refractivity contribution >= 4 is 11.7 Å². The molecule has 7 heteroatoms. The molecule has 1 atom stereocenters. The van der Waals surface area contributed by atoms with Gasteiger partial charge in [0, 0.05) is 36.4 Å². The molecule has 0 saturated heterocycles. The van der Waals surface area contributed by atoms with E-state index < -0.39 is 0 Å². The van der Waals surface area contributed by atoms with E-state index in [9.17, 15) is 4.79 Å². The SMILES string of the molecule is COc1cc(C2CC(=O)Nc3n[nH]c(-c4ccccn4)c32)ccn1. The highest BCUT2D eigenvalue weighted by molar-refractivity contribution is 5.95. The van der Waals surface area contributed by atoms with Crippen LogP contribution < -0.4 is 10.1 Å². The molecule has 0 spiro atoms. The summed E-state index contributed by atoms with van der Waals surface area (Å²) in [6.45, 7) is 0. The summed E-state index contributed by atoms with van der Waals surface area (Å²) in [5.41, 5.74) is 3.48. The molecule has 0 radical (unpaired) electrons. The Morgan fingerprint density at radius 1 is 1.21 bits per heavy atom. The van der Waals surface area contributed by atoms with Gasteiger partial charge in [0.1, 0.15) is 0 Å². The minimum Gasteiger partial charge on any atom is -0.481 e. The second-order valence-corrected chi connectivity index (χ2v) is 5.51. The standard InChI is InChI=1S/C17H15N5O2/c1-24-14-8-10(5-7-19-14)11-9-13(23)20-17-15(11)16(21-22-17)12-4-2-3-6-18-12/h2-8,11H,9H2,1H3,(H2,20,21,22,23). The van der Waals surface area contributed by atoms with E-state index in [4.69, 9.17) is 4.74 Å². The second-order valence-electron chi connectivity index (χ2n) is 5.51. The summed E-state index contributed by atoms with van der Waals surface area (Å²) in [4.78, 5) is 20.6. The van der Waals surface area contributed by atoms with Crippen molar-refractivity contribution in [3.05, 3.63) is 53.9 Å². The Hall–Kier alpha value is -3.22. The van der Waals surface area contributed by atoms with Crippen LogP contribution in [0.3, 0.4) is 0 Å². The first-order valence-corrected chi connectivity index (χ1v) is 7.55. The number of rotatable bonds is 3. The number of pyridine rings is 2. The number of hydrogen-bond donors (Lipinski definition) is 2. The largest absolute Gasteiger partial charge is 0.481 e. The number of carbonyl (C=O) groups is 1. The zero-order valence-corrected chi connectivity index (χ0v) is 13.0. The van der Waals surface area contributed by atoms with Gasteiger partial charge in [0.15, 0.2) is 5.82 Å². The van der Waals surface area contributed by atoms with Crippen LogP contribution >= 0.6 is 0 Å². The van der Waals surface area contributed by atoms with Crippen molar-refractivity contribution < 1.29 is 9.53 Å². The van der Waals surface area contributed by atoms with Crippen molar-refractivity contribution in [2.45, 2.75) is 12.3 Å². The molecule has 1 aliphatic heterocycles. The fourth-order valence-electron chi connectivity index (χ4n) is 3.00. The van der Waals surface area contributed by atoms with Crippen LogP contribution in [0.25, 0.3) is 11.4 Å². The minimum atomic E-state index is -0.138. The summed E-state index contributed by atoms with van der Waals surface area (Å²) in [6, 6.07) is 9.43. The molecule has 0 saturated carbocycles. The van der Waals surface area contributed by atoms with Gasteiger partial charge in [-0.15, -0.1) is 0 Å². The molecule has 0 fully saturated rings. The van der Waals surface area contributed by atoms with Gasteiger partial charge in [0.2, 0.25) is 11.8 Å². The van der Waals surface area contributed by atoms with E-state index in [0.29, 0.717) is 18.1 Å². The van der Waals surface area contributed by atoms with E-state index >= 15 is 0 Å². The zero-order chi connectivity index (χ0) is 16.5. The van der Waals surface area contributed by atoms with E-state index in [2.05, 4.69) is 25.5 Å². The molecule has 3 aromatic heterocycles. The van der Waals surface area contributed by atoms with Crippen LogP contribution in [0, 0.1) is 0 Å². The van der Waals surface area contributed by atoms with Crippen LogP contribution in [0.15, 0.2) is 42.7 Å². The number of nitrogens with zero attached hydrogens (tertiary/aromatic N) is 3.